The Kier molecular flexibility index (Phi) is 3.40. The Morgan fingerprint density at radius 2 is 2.18 bits per heavy atom. The molecule has 0 radical (unpaired) electrons. The lowest BCUT2D eigenvalue weighted by Gasteiger charge is -2.08. The summed E-state index contributed by atoms with van der Waals surface area (Å²) in [6, 6.07) is 9.20. The van der Waals surface area contributed by atoms with Crippen LogP contribution in [0.4, 0.5) is 5.69 Å². The number of hydrogen-bond acceptors (Lipinski definition) is 3. The molecule has 0 unspecified atom stereocenters. The first kappa shape index (κ1) is 11.2. The van der Waals surface area contributed by atoms with E-state index in [0.29, 0.717) is 12.1 Å². The van der Waals surface area contributed by atoms with Gasteiger partial charge in [-0.15, -0.1) is 0 Å². The molecular formula is C12H14N4O. The average Bonchev–Trinajstić information content (AvgIpc) is 2.89. The summed E-state index contributed by atoms with van der Waals surface area (Å²) >= 11 is 0. The van der Waals surface area contributed by atoms with Crippen molar-refractivity contribution < 1.29 is 4.79 Å². The lowest BCUT2D eigenvalue weighted by Crippen LogP contribution is -2.23. The van der Waals surface area contributed by atoms with Crippen LogP contribution in [0.5, 0.6) is 0 Å². The van der Waals surface area contributed by atoms with Crippen LogP contribution in [-0.2, 0) is 6.54 Å². The second-order valence-corrected chi connectivity index (χ2v) is 3.56. The van der Waals surface area contributed by atoms with Crippen LogP contribution in [0.15, 0.2) is 36.5 Å². The number of nitrogens with zero attached hydrogens (tertiary/aromatic N) is 1. The van der Waals surface area contributed by atoms with Crippen molar-refractivity contribution in [3.63, 3.8) is 0 Å². The van der Waals surface area contributed by atoms with Crippen molar-refractivity contribution in [1.82, 2.24) is 15.5 Å². The third kappa shape index (κ3) is 2.63. The molecule has 3 N–H and O–H groups in total. The molecule has 0 saturated heterocycles. The van der Waals surface area contributed by atoms with Crippen LogP contribution in [0.25, 0.3) is 0 Å². The maximum atomic E-state index is 11.9. The molecule has 17 heavy (non-hydrogen) atoms. The van der Waals surface area contributed by atoms with Crippen molar-refractivity contribution in [3.05, 3.63) is 47.8 Å². The van der Waals surface area contributed by atoms with E-state index in [-0.39, 0.29) is 5.91 Å². The maximum absolute atomic E-state index is 11.9. The van der Waals surface area contributed by atoms with Crippen LogP contribution in [0, 0.1) is 0 Å². The molecule has 1 aromatic heterocycles. The summed E-state index contributed by atoms with van der Waals surface area (Å²) in [5.41, 5.74) is 2.32. The third-order valence-electron chi connectivity index (χ3n) is 2.44. The lowest BCUT2D eigenvalue weighted by atomic mass is 10.1. The minimum absolute atomic E-state index is 0.107. The van der Waals surface area contributed by atoms with Crippen LogP contribution in [0.3, 0.4) is 0 Å². The van der Waals surface area contributed by atoms with E-state index in [1.807, 2.05) is 24.3 Å². The zero-order chi connectivity index (χ0) is 12.1. The van der Waals surface area contributed by atoms with Crippen molar-refractivity contribution in [2.45, 2.75) is 6.54 Å². The fraction of sp³-hybridized carbons (Fsp3) is 0.167. The largest absolute Gasteiger partial charge is 0.387 e. The van der Waals surface area contributed by atoms with Crippen LogP contribution >= 0.6 is 0 Å². The smallest absolute Gasteiger partial charge is 0.253 e. The first-order valence-electron chi connectivity index (χ1n) is 5.34. The highest BCUT2D eigenvalue weighted by atomic mass is 16.1. The van der Waals surface area contributed by atoms with Crippen molar-refractivity contribution in [2.24, 2.45) is 0 Å². The summed E-state index contributed by atoms with van der Waals surface area (Å²) in [6.45, 7) is 0.441. The summed E-state index contributed by atoms with van der Waals surface area (Å²) in [4.78, 5) is 11.9. The molecule has 1 aromatic carbocycles. The van der Waals surface area contributed by atoms with Crippen molar-refractivity contribution in [1.29, 1.82) is 0 Å². The molecule has 2 aromatic rings. The van der Waals surface area contributed by atoms with Gasteiger partial charge in [-0.1, -0.05) is 12.1 Å². The molecule has 2 rings (SSSR count). The molecular weight excluding hydrogens is 216 g/mol. The minimum Gasteiger partial charge on any atom is -0.387 e. The number of anilines is 1. The van der Waals surface area contributed by atoms with Crippen molar-refractivity contribution >= 4 is 11.6 Å². The van der Waals surface area contributed by atoms with Gasteiger partial charge in [0, 0.05) is 18.9 Å². The number of amides is 1. The van der Waals surface area contributed by atoms with E-state index in [1.54, 1.807) is 19.3 Å². The molecule has 88 valence electrons. The Labute approximate surface area is 99.2 Å². The number of aromatic nitrogens is 2. The van der Waals surface area contributed by atoms with Gasteiger partial charge in [0.05, 0.1) is 17.8 Å². The number of aromatic amines is 1. The van der Waals surface area contributed by atoms with E-state index in [0.717, 1.165) is 11.4 Å². The first-order valence-corrected chi connectivity index (χ1v) is 5.34. The molecule has 5 heteroatoms. The van der Waals surface area contributed by atoms with Gasteiger partial charge < -0.3 is 10.6 Å². The number of carbonyl (C=O) groups is 1. The summed E-state index contributed by atoms with van der Waals surface area (Å²) in [7, 11) is 1.79. The number of para-hydroxylation sites is 1. The number of rotatable bonds is 4. The number of H-pyrrole nitrogens is 1. The van der Waals surface area contributed by atoms with Gasteiger partial charge in [-0.25, -0.2) is 0 Å². The second kappa shape index (κ2) is 5.16. The zero-order valence-electron chi connectivity index (χ0n) is 9.53. The number of benzene rings is 1. The van der Waals surface area contributed by atoms with Crippen LogP contribution in [-0.4, -0.2) is 23.2 Å². The Balaban J connectivity index is 2.04. The van der Waals surface area contributed by atoms with Gasteiger partial charge in [-0.3, -0.25) is 9.89 Å². The molecule has 5 nitrogen and oxygen atoms in total. The predicted octanol–water partition coefficient (Wildman–Crippen LogP) is 1.38. The summed E-state index contributed by atoms with van der Waals surface area (Å²) in [5, 5.41) is 12.4. The minimum atomic E-state index is -0.107. The standard InChI is InChI=1S/C12H14N4O/c1-13-11-5-3-2-4-10(11)12(17)14-8-9-6-7-15-16-9/h2-7,13H,8H2,1H3,(H,14,17)(H,15,16). The molecule has 0 aliphatic rings. The highest BCUT2D eigenvalue weighted by Gasteiger charge is 2.09. The molecule has 0 saturated carbocycles. The van der Waals surface area contributed by atoms with E-state index in [9.17, 15) is 4.79 Å². The van der Waals surface area contributed by atoms with Crippen LogP contribution in [0.1, 0.15) is 16.1 Å². The van der Waals surface area contributed by atoms with E-state index in [2.05, 4.69) is 20.8 Å². The zero-order valence-corrected chi connectivity index (χ0v) is 9.53. The number of carbonyl (C=O) groups excluding carboxylic acids is 1. The van der Waals surface area contributed by atoms with Crippen LogP contribution in [0.2, 0.25) is 0 Å². The maximum Gasteiger partial charge on any atom is 0.253 e. The molecule has 0 bridgehead atoms. The molecule has 1 heterocycles. The van der Waals surface area contributed by atoms with Gasteiger partial charge in [0.15, 0.2) is 0 Å². The fourth-order valence-electron chi connectivity index (χ4n) is 1.55. The van der Waals surface area contributed by atoms with E-state index in [4.69, 9.17) is 0 Å². The summed E-state index contributed by atoms with van der Waals surface area (Å²) < 4.78 is 0. The Hall–Kier alpha value is -2.30. The fourth-order valence-corrected chi connectivity index (χ4v) is 1.55. The molecule has 0 atom stereocenters. The highest BCUT2D eigenvalue weighted by molar-refractivity contribution is 5.99. The van der Waals surface area contributed by atoms with Gasteiger partial charge in [-0.2, -0.15) is 5.10 Å². The Morgan fingerprint density at radius 3 is 2.88 bits per heavy atom. The van der Waals surface area contributed by atoms with Gasteiger partial charge >= 0.3 is 0 Å². The second-order valence-electron chi connectivity index (χ2n) is 3.56. The van der Waals surface area contributed by atoms with E-state index < -0.39 is 0 Å². The topological polar surface area (TPSA) is 69.8 Å². The third-order valence-corrected chi connectivity index (χ3v) is 2.44. The molecule has 0 aliphatic carbocycles. The quantitative estimate of drug-likeness (QED) is 0.743. The Morgan fingerprint density at radius 1 is 1.35 bits per heavy atom. The predicted molar refractivity (Wildman–Crippen MR) is 65.7 cm³/mol. The highest BCUT2D eigenvalue weighted by Crippen LogP contribution is 2.13. The van der Waals surface area contributed by atoms with Crippen LogP contribution < -0.4 is 10.6 Å². The molecule has 1 amide bonds. The lowest BCUT2D eigenvalue weighted by molar-refractivity contribution is 0.0951. The van der Waals surface area contributed by atoms with Crippen molar-refractivity contribution in [3.8, 4) is 0 Å². The van der Waals surface area contributed by atoms with E-state index in [1.165, 1.54) is 0 Å². The first-order chi connectivity index (χ1) is 8.31. The van der Waals surface area contributed by atoms with Gasteiger partial charge in [-0.05, 0) is 18.2 Å². The van der Waals surface area contributed by atoms with E-state index >= 15 is 0 Å². The SMILES string of the molecule is CNc1ccccc1C(=O)NCc1ccn[nH]1. The molecule has 0 fully saturated rings. The van der Waals surface area contributed by atoms with Crippen molar-refractivity contribution in [2.75, 3.05) is 12.4 Å². The van der Waals surface area contributed by atoms with Gasteiger partial charge in [0.25, 0.3) is 5.91 Å². The average molecular weight is 230 g/mol. The number of hydrogen-bond donors (Lipinski definition) is 3. The number of nitrogens with one attached hydrogen (secondary N) is 3. The molecule has 0 spiro atoms. The van der Waals surface area contributed by atoms with Gasteiger partial charge in [0.1, 0.15) is 0 Å². The monoisotopic (exact) mass is 230 g/mol. The van der Waals surface area contributed by atoms with Gasteiger partial charge in [0.2, 0.25) is 0 Å². The Bertz CT molecular complexity index is 493. The normalized spacial score (nSPS) is 9.94. The molecule has 0 aliphatic heterocycles. The summed E-state index contributed by atoms with van der Waals surface area (Å²) in [5.74, 6) is -0.107. The summed E-state index contributed by atoms with van der Waals surface area (Å²) in [6.07, 6.45) is 1.66.